The first-order chi connectivity index (χ1) is 11.6. The molecule has 24 heavy (non-hydrogen) atoms. The molecular weight excluding hydrogens is 312 g/mol. The summed E-state index contributed by atoms with van der Waals surface area (Å²) in [5.41, 5.74) is 2.77. The van der Waals surface area contributed by atoms with Crippen molar-refractivity contribution in [2.75, 3.05) is 26.4 Å². The van der Waals surface area contributed by atoms with Crippen molar-refractivity contribution in [2.45, 2.75) is 25.8 Å². The second-order valence-corrected chi connectivity index (χ2v) is 6.16. The normalized spacial score (nSPS) is 23.7. The van der Waals surface area contributed by atoms with Crippen molar-refractivity contribution in [1.29, 1.82) is 0 Å². The maximum atomic E-state index is 12.8. The Hall–Kier alpha value is -2.12. The predicted octanol–water partition coefficient (Wildman–Crippen LogP) is 1.51. The van der Waals surface area contributed by atoms with Crippen molar-refractivity contribution < 1.29 is 24.3 Å². The Morgan fingerprint density at radius 1 is 1.33 bits per heavy atom. The Labute approximate surface area is 140 Å². The van der Waals surface area contributed by atoms with Gasteiger partial charge in [-0.2, -0.15) is 0 Å². The summed E-state index contributed by atoms with van der Waals surface area (Å²) < 4.78 is 11.2. The Morgan fingerprint density at radius 3 is 2.88 bits per heavy atom. The first kappa shape index (κ1) is 16.7. The maximum Gasteiger partial charge on any atom is 0.274 e. The van der Waals surface area contributed by atoms with Gasteiger partial charge in [0.2, 0.25) is 5.91 Å². The molecule has 2 amide bonds. The van der Waals surface area contributed by atoms with Crippen molar-refractivity contribution in [2.24, 2.45) is 5.92 Å². The zero-order chi connectivity index (χ0) is 17.1. The van der Waals surface area contributed by atoms with E-state index in [9.17, 15) is 9.59 Å². The van der Waals surface area contributed by atoms with Crippen molar-refractivity contribution in [3.05, 3.63) is 29.3 Å². The van der Waals surface area contributed by atoms with Gasteiger partial charge in [-0.15, -0.1) is 0 Å². The molecule has 2 atom stereocenters. The average Bonchev–Trinajstić information content (AvgIpc) is 2.79. The molecular formula is C17H22N2O5. The van der Waals surface area contributed by atoms with Crippen LogP contribution >= 0.6 is 0 Å². The van der Waals surface area contributed by atoms with Gasteiger partial charge >= 0.3 is 0 Å². The van der Waals surface area contributed by atoms with Gasteiger partial charge in [0, 0.05) is 17.7 Å². The highest BCUT2D eigenvalue weighted by Gasteiger charge is 2.32. The number of fused-ring (bicyclic) bond motifs is 1. The number of rotatable bonds is 2. The van der Waals surface area contributed by atoms with E-state index in [1.807, 2.05) is 11.8 Å². The van der Waals surface area contributed by atoms with Gasteiger partial charge in [-0.05, 0) is 31.9 Å². The van der Waals surface area contributed by atoms with E-state index in [0.717, 1.165) is 25.0 Å². The number of nitrogens with zero attached hydrogens (tertiary/aromatic N) is 1. The highest BCUT2D eigenvalue weighted by molar-refractivity contribution is 5.94. The van der Waals surface area contributed by atoms with E-state index in [0.29, 0.717) is 31.1 Å². The van der Waals surface area contributed by atoms with Gasteiger partial charge in [0.1, 0.15) is 12.4 Å². The number of carbonyl (C=O) groups excluding carboxylic acids is 2. The van der Waals surface area contributed by atoms with Gasteiger partial charge < -0.3 is 14.4 Å². The molecule has 0 bridgehead atoms. The van der Waals surface area contributed by atoms with E-state index >= 15 is 0 Å². The second-order valence-electron chi connectivity index (χ2n) is 6.16. The molecule has 130 valence electrons. The largest absolute Gasteiger partial charge is 0.491 e. The molecule has 1 fully saturated rings. The molecule has 2 N–H and O–H groups in total. The summed E-state index contributed by atoms with van der Waals surface area (Å²) in [5, 5.41) is 8.75. The van der Waals surface area contributed by atoms with Crippen LogP contribution in [0.5, 0.6) is 5.75 Å². The lowest BCUT2D eigenvalue weighted by molar-refractivity contribution is -0.142. The summed E-state index contributed by atoms with van der Waals surface area (Å²) in [5.74, 6) is -0.0256. The average molecular weight is 334 g/mol. The van der Waals surface area contributed by atoms with E-state index in [-0.39, 0.29) is 17.9 Å². The minimum absolute atomic E-state index is 0.0934. The molecule has 7 heteroatoms. The fourth-order valence-corrected chi connectivity index (χ4v) is 3.30. The summed E-state index contributed by atoms with van der Waals surface area (Å²) in [6.07, 6.45) is 1.76. The molecule has 1 aromatic carbocycles. The van der Waals surface area contributed by atoms with Crippen LogP contribution < -0.4 is 10.2 Å². The number of hydrogen-bond donors (Lipinski definition) is 2. The van der Waals surface area contributed by atoms with Crippen LogP contribution in [0.1, 0.15) is 41.7 Å². The smallest absolute Gasteiger partial charge is 0.274 e. The van der Waals surface area contributed by atoms with Crippen molar-refractivity contribution in [1.82, 2.24) is 10.4 Å². The highest BCUT2D eigenvalue weighted by Crippen LogP contribution is 2.34. The van der Waals surface area contributed by atoms with Gasteiger partial charge in [0.15, 0.2) is 0 Å². The van der Waals surface area contributed by atoms with Gasteiger partial charge in [0.05, 0.1) is 25.1 Å². The molecule has 0 spiro atoms. The van der Waals surface area contributed by atoms with E-state index < -0.39 is 5.91 Å². The molecule has 3 rings (SSSR count). The van der Waals surface area contributed by atoms with Crippen LogP contribution in [0, 0.1) is 5.92 Å². The van der Waals surface area contributed by atoms with E-state index in [4.69, 9.17) is 14.7 Å². The number of benzene rings is 1. The molecule has 2 aliphatic rings. The van der Waals surface area contributed by atoms with Crippen LogP contribution in [-0.4, -0.2) is 48.3 Å². The van der Waals surface area contributed by atoms with Gasteiger partial charge in [0.25, 0.3) is 5.91 Å². The minimum Gasteiger partial charge on any atom is -0.491 e. The minimum atomic E-state index is -0.592. The summed E-state index contributed by atoms with van der Waals surface area (Å²) in [6, 6.07) is 4.83. The fraction of sp³-hybridized carbons (Fsp3) is 0.529. The zero-order valence-corrected chi connectivity index (χ0v) is 13.7. The topological polar surface area (TPSA) is 88.1 Å². The van der Waals surface area contributed by atoms with Gasteiger partial charge in [-0.1, -0.05) is 6.07 Å². The van der Waals surface area contributed by atoms with Crippen molar-refractivity contribution in [3.8, 4) is 5.75 Å². The number of carbonyl (C=O) groups is 2. The third-order valence-corrected chi connectivity index (χ3v) is 4.68. The molecule has 7 nitrogen and oxygen atoms in total. The predicted molar refractivity (Wildman–Crippen MR) is 84.9 cm³/mol. The lowest BCUT2D eigenvalue weighted by atomic mass is 9.98. The number of ether oxygens (including phenoxy) is 2. The van der Waals surface area contributed by atoms with Gasteiger partial charge in [-0.3, -0.25) is 14.8 Å². The van der Waals surface area contributed by atoms with E-state index in [2.05, 4.69) is 0 Å². The molecule has 0 radical (unpaired) electrons. The molecule has 0 aliphatic carbocycles. The lowest BCUT2D eigenvalue weighted by Gasteiger charge is -2.32. The zero-order valence-electron chi connectivity index (χ0n) is 13.7. The molecule has 0 aromatic heterocycles. The van der Waals surface area contributed by atoms with Crippen LogP contribution in [0.15, 0.2) is 18.2 Å². The third kappa shape index (κ3) is 3.22. The van der Waals surface area contributed by atoms with Gasteiger partial charge in [-0.25, -0.2) is 5.48 Å². The number of hydrogen-bond acceptors (Lipinski definition) is 5. The maximum absolute atomic E-state index is 12.8. The highest BCUT2D eigenvalue weighted by atomic mass is 16.5. The monoisotopic (exact) mass is 334 g/mol. The van der Waals surface area contributed by atoms with Crippen molar-refractivity contribution in [3.63, 3.8) is 0 Å². The first-order valence-electron chi connectivity index (χ1n) is 8.21. The fourth-order valence-electron chi connectivity index (χ4n) is 3.30. The Bertz CT molecular complexity index is 627. The third-order valence-electron chi connectivity index (χ3n) is 4.68. The molecule has 1 saturated heterocycles. The number of hydroxylamine groups is 1. The Morgan fingerprint density at radius 2 is 2.17 bits per heavy atom. The summed E-state index contributed by atoms with van der Waals surface area (Å²) in [7, 11) is 0. The standard InChI is InChI=1S/C17H22N2O5/c1-11-14-5-4-12(16(20)18-22)9-15(14)24-8-6-19(11)17(21)13-3-2-7-23-10-13/h4-5,9,11,13,22H,2-3,6-8,10H2,1H3,(H,18,20)/t11-,13+/m0/s1. The van der Waals surface area contributed by atoms with Crippen molar-refractivity contribution >= 4 is 11.8 Å². The first-order valence-corrected chi connectivity index (χ1v) is 8.21. The Kier molecular flexibility index (Phi) is 5.01. The lowest BCUT2D eigenvalue weighted by Crippen LogP contribution is -2.41. The molecule has 2 heterocycles. The molecule has 2 aliphatic heterocycles. The summed E-state index contributed by atoms with van der Waals surface area (Å²) >= 11 is 0. The molecule has 1 aromatic rings. The van der Waals surface area contributed by atoms with E-state index in [1.165, 1.54) is 0 Å². The second kappa shape index (κ2) is 7.19. The van der Waals surface area contributed by atoms with Crippen LogP contribution in [0.3, 0.4) is 0 Å². The Balaban J connectivity index is 1.83. The van der Waals surface area contributed by atoms with Crippen LogP contribution in [0.4, 0.5) is 0 Å². The molecule has 0 saturated carbocycles. The number of amides is 2. The summed E-state index contributed by atoms with van der Waals surface area (Å²) in [6.45, 7) is 4.01. The summed E-state index contributed by atoms with van der Waals surface area (Å²) in [4.78, 5) is 26.2. The number of nitrogens with one attached hydrogen (secondary N) is 1. The molecule has 0 unspecified atom stereocenters. The van der Waals surface area contributed by atoms with Crippen LogP contribution in [0.2, 0.25) is 0 Å². The van der Waals surface area contributed by atoms with Crippen LogP contribution in [0.25, 0.3) is 0 Å². The SMILES string of the molecule is C[C@H]1c2ccc(C(=O)NO)cc2OCCN1C(=O)[C@@H]1CCCOC1. The van der Waals surface area contributed by atoms with E-state index in [1.54, 1.807) is 23.7 Å². The van der Waals surface area contributed by atoms with Crippen LogP contribution in [-0.2, 0) is 9.53 Å². The quantitative estimate of drug-likeness (QED) is 0.632.